The van der Waals surface area contributed by atoms with Crippen molar-refractivity contribution in [3.8, 4) is 5.75 Å². The highest BCUT2D eigenvalue weighted by Crippen LogP contribution is 2.30. The second kappa shape index (κ2) is 5.68. The quantitative estimate of drug-likeness (QED) is 0.892. The molecule has 0 fully saturated rings. The van der Waals surface area contributed by atoms with Gasteiger partial charge in [0.15, 0.2) is 0 Å². The van der Waals surface area contributed by atoms with Crippen LogP contribution in [0.1, 0.15) is 16.7 Å². The monoisotopic (exact) mass is 267 g/mol. The van der Waals surface area contributed by atoms with Crippen LogP contribution in [0.15, 0.2) is 48.5 Å². The van der Waals surface area contributed by atoms with Crippen LogP contribution >= 0.6 is 0 Å². The van der Waals surface area contributed by atoms with Gasteiger partial charge in [-0.15, -0.1) is 0 Å². The first kappa shape index (κ1) is 13.2. The Labute approximate surface area is 120 Å². The van der Waals surface area contributed by atoms with Crippen molar-refractivity contribution in [2.75, 3.05) is 7.05 Å². The molecule has 2 nitrogen and oxygen atoms in total. The number of benzene rings is 2. The van der Waals surface area contributed by atoms with E-state index < -0.39 is 0 Å². The third-order valence-corrected chi connectivity index (χ3v) is 4.39. The maximum absolute atomic E-state index is 9.59. The summed E-state index contributed by atoms with van der Waals surface area (Å²) in [5.74, 6) is 0.992. The molecule has 0 bridgehead atoms. The molecule has 0 amide bonds. The van der Waals surface area contributed by atoms with Crippen LogP contribution in [0.25, 0.3) is 0 Å². The molecule has 0 aromatic heterocycles. The van der Waals surface area contributed by atoms with Gasteiger partial charge in [0, 0.05) is 6.04 Å². The highest BCUT2D eigenvalue weighted by Gasteiger charge is 2.27. The lowest BCUT2D eigenvalue weighted by Crippen LogP contribution is -2.36. The zero-order valence-electron chi connectivity index (χ0n) is 11.8. The molecule has 3 rings (SSSR count). The van der Waals surface area contributed by atoms with Crippen molar-refractivity contribution in [1.82, 2.24) is 5.32 Å². The number of phenols is 1. The Bertz CT molecular complexity index is 568. The van der Waals surface area contributed by atoms with Crippen molar-refractivity contribution in [3.05, 3.63) is 65.2 Å². The maximum Gasteiger partial charge on any atom is 0.115 e. The van der Waals surface area contributed by atoms with Crippen molar-refractivity contribution in [3.63, 3.8) is 0 Å². The van der Waals surface area contributed by atoms with E-state index in [0.29, 0.717) is 17.7 Å². The van der Waals surface area contributed by atoms with Crippen molar-refractivity contribution >= 4 is 0 Å². The van der Waals surface area contributed by atoms with E-state index in [4.69, 9.17) is 0 Å². The van der Waals surface area contributed by atoms with E-state index in [-0.39, 0.29) is 0 Å². The second-order valence-corrected chi connectivity index (χ2v) is 5.71. The predicted octanol–water partition coefficient (Wildman–Crippen LogP) is 2.94. The third kappa shape index (κ3) is 2.70. The zero-order chi connectivity index (χ0) is 13.9. The number of nitrogens with one attached hydrogen (secondary N) is 1. The van der Waals surface area contributed by atoms with Crippen LogP contribution < -0.4 is 5.32 Å². The second-order valence-electron chi connectivity index (χ2n) is 5.71. The van der Waals surface area contributed by atoms with Crippen molar-refractivity contribution in [1.29, 1.82) is 0 Å². The first-order valence-corrected chi connectivity index (χ1v) is 7.28. The fraction of sp³-hybridized carbons (Fsp3) is 0.333. The summed E-state index contributed by atoms with van der Waals surface area (Å²) in [6.45, 7) is 0. The average Bonchev–Trinajstić information content (AvgIpc) is 2.88. The van der Waals surface area contributed by atoms with E-state index in [1.54, 1.807) is 6.07 Å². The highest BCUT2D eigenvalue weighted by atomic mass is 16.3. The molecule has 2 heteroatoms. The molecule has 0 spiro atoms. The molecule has 1 unspecified atom stereocenters. The Hall–Kier alpha value is -1.80. The topological polar surface area (TPSA) is 32.3 Å². The Balaban J connectivity index is 1.72. The fourth-order valence-corrected chi connectivity index (χ4v) is 3.32. The Morgan fingerprint density at radius 2 is 1.80 bits per heavy atom. The van der Waals surface area contributed by atoms with Gasteiger partial charge >= 0.3 is 0 Å². The van der Waals surface area contributed by atoms with Crippen LogP contribution in [0, 0.1) is 5.92 Å². The Morgan fingerprint density at radius 3 is 2.40 bits per heavy atom. The molecule has 1 aliphatic carbocycles. The average molecular weight is 267 g/mol. The van der Waals surface area contributed by atoms with Gasteiger partial charge in [0.05, 0.1) is 0 Å². The predicted molar refractivity (Wildman–Crippen MR) is 82.0 cm³/mol. The minimum atomic E-state index is 0.354. The minimum absolute atomic E-state index is 0.354. The van der Waals surface area contributed by atoms with E-state index in [0.717, 1.165) is 19.3 Å². The highest BCUT2D eigenvalue weighted by molar-refractivity contribution is 5.33. The van der Waals surface area contributed by atoms with Gasteiger partial charge < -0.3 is 10.4 Å². The van der Waals surface area contributed by atoms with Crippen LogP contribution in [-0.2, 0) is 19.3 Å². The van der Waals surface area contributed by atoms with E-state index in [1.807, 2.05) is 19.2 Å². The lowest BCUT2D eigenvalue weighted by molar-refractivity contribution is 0.382. The van der Waals surface area contributed by atoms with E-state index in [9.17, 15) is 5.11 Å². The lowest BCUT2D eigenvalue weighted by atomic mass is 9.91. The molecule has 0 heterocycles. The number of phenolic OH excluding ortho intramolecular Hbond substituents is 1. The standard InChI is InChI=1S/C18H21NO/c1-19-18(10-13-5-4-8-17(20)9-13)16-11-14-6-2-3-7-15(14)12-16/h2-9,16,18-20H,10-12H2,1H3. The number of hydrogen-bond acceptors (Lipinski definition) is 2. The van der Waals surface area contributed by atoms with Gasteiger partial charge in [0.2, 0.25) is 0 Å². The Kier molecular flexibility index (Phi) is 3.75. The number of rotatable bonds is 4. The van der Waals surface area contributed by atoms with Crippen LogP contribution in [0.4, 0.5) is 0 Å². The largest absolute Gasteiger partial charge is 0.508 e. The van der Waals surface area contributed by atoms with Gasteiger partial charge in [0.25, 0.3) is 0 Å². The summed E-state index contributed by atoms with van der Waals surface area (Å²) in [4.78, 5) is 0. The summed E-state index contributed by atoms with van der Waals surface area (Å²) in [5, 5.41) is 13.1. The molecule has 0 radical (unpaired) electrons. The smallest absolute Gasteiger partial charge is 0.115 e. The number of aromatic hydroxyl groups is 1. The minimum Gasteiger partial charge on any atom is -0.508 e. The summed E-state index contributed by atoms with van der Waals surface area (Å²) in [6, 6.07) is 16.8. The zero-order valence-corrected chi connectivity index (χ0v) is 11.8. The number of fused-ring (bicyclic) bond motifs is 1. The van der Waals surface area contributed by atoms with Gasteiger partial charge in [-0.2, -0.15) is 0 Å². The summed E-state index contributed by atoms with van der Waals surface area (Å²) < 4.78 is 0. The van der Waals surface area contributed by atoms with Gasteiger partial charge in [-0.25, -0.2) is 0 Å². The SMILES string of the molecule is CNC(Cc1cccc(O)c1)C1Cc2ccccc2C1. The maximum atomic E-state index is 9.59. The van der Waals surface area contributed by atoms with Gasteiger partial charge in [-0.1, -0.05) is 36.4 Å². The molecule has 0 saturated carbocycles. The summed E-state index contributed by atoms with van der Waals surface area (Å²) in [6.07, 6.45) is 3.27. The third-order valence-electron chi connectivity index (χ3n) is 4.39. The number of likely N-dealkylation sites (N-methyl/N-ethyl adjacent to an activating group) is 1. The van der Waals surface area contributed by atoms with E-state index in [2.05, 4.69) is 35.6 Å². The molecular formula is C18H21NO. The molecule has 0 aliphatic heterocycles. The summed E-state index contributed by atoms with van der Waals surface area (Å²) >= 11 is 0. The molecule has 104 valence electrons. The summed E-state index contributed by atoms with van der Waals surface area (Å²) in [7, 11) is 2.04. The van der Waals surface area contributed by atoms with Crippen molar-refractivity contribution in [2.24, 2.45) is 5.92 Å². The Morgan fingerprint density at radius 1 is 1.10 bits per heavy atom. The van der Waals surface area contributed by atoms with Crippen LogP contribution in [0.5, 0.6) is 5.75 Å². The van der Waals surface area contributed by atoms with Crippen LogP contribution in [0.3, 0.4) is 0 Å². The molecule has 20 heavy (non-hydrogen) atoms. The molecule has 2 N–H and O–H groups in total. The molecule has 2 aromatic rings. The molecule has 1 atom stereocenters. The first-order chi connectivity index (χ1) is 9.76. The lowest BCUT2D eigenvalue weighted by Gasteiger charge is -2.23. The van der Waals surface area contributed by atoms with Crippen molar-refractivity contribution in [2.45, 2.75) is 25.3 Å². The van der Waals surface area contributed by atoms with E-state index in [1.165, 1.54) is 16.7 Å². The van der Waals surface area contributed by atoms with Crippen LogP contribution in [-0.4, -0.2) is 18.2 Å². The van der Waals surface area contributed by atoms with Gasteiger partial charge in [0.1, 0.15) is 5.75 Å². The molecular weight excluding hydrogens is 246 g/mol. The van der Waals surface area contributed by atoms with Crippen LogP contribution in [0.2, 0.25) is 0 Å². The first-order valence-electron chi connectivity index (χ1n) is 7.28. The number of hydrogen-bond donors (Lipinski definition) is 2. The van der Waals surface area contributed by atoms with Crippen molar-refractivity contribution < 1.29 is 5.11 Å². The van der Waals surface area contributed by atoms with Gasteiger partial charge in [-0.3, -0.25) is 0 Å². The fourth-order valence-electron chi connectivity index (χ4n) is 3.32. The molecule has 1 aliphatic rings. The molecule has 0 saturated heterocycles. The molecule has 2 aromatic carbocycles. The van der Waals surface area contributed by atoms with Gasteiger partial charge in [-0.05, 0) is 61.1 Å². The normalized spacial score (nSPS) is 16.1. The summed E-state index contributed by atoms with van der Waals surface area (Å²) in [5.41, 5.74) is 4.18. The van der Waals surface area contributed by atoms with E-state index >= 15 is 0 Å².